The molecule has 25 heavy (non-hydrogen) atoms. The van der Waals surface area contributed by atoms with E-state index in [0.717, 1.165) is 5.56 Å². The van der Waals surface area contributed by atoms with Gasteiger partial charge < -0.3 is 10.2 Å². The van der Waals surface area contributed by atoms with Crippen molar-refractivity contribution in [2.75, 3.05) is 7.05 Å². The van der Waals surface area contributed by atoms with E-state index in [-0.39, 0.29) is 36.6 Å². The summed E-state index contributed by atoms with van der Waals surface area (Å²) in [6, 6.07) is 8.19. The normalized spacial score (nSPS) is 20.0. The zero-order chi connectivity index (χ0) is 18.0. The van der Waals surface area contributed by atoms with E-state index in [1.54, 1.807) is 49.5 Å². The van der Waals surface area contributed by atoms with E-state index in [2.05, 4.69) is 10.3 Å². The van der Waals surface area contributed by atoms with Crippen molar-refractivity contribution in [3.05, 3.63) is 65.2 Å². The molecule has 0 bridgehead atoms. The molecule has 0 radical (unpaired) electrons. The van der Waals surface area contributed by atoms with Crippen LogP contribution in [-0.2, 0) is 16.1 Å². The van der Waals surface area contributed by atoms with E-state index in [9.17, 15) is 14.0 Å². The fourth-order valence-electron chi connectivity index (χ4n) is 3.18. The number of rotatable bonds is 4. The second-order valence-electron chi connectivity index (χ2n) is 6.35. The van der Waals surface area contributed by atoms with Gasteiger partial charge in [0.2, 0.25) is 11.8 Å². The van der Waals surface area contributed by atoms with Crippen LogP contribution in [0.15, 0.2) is 42.7 Å². The summed E-state index contributed by atoms with van der Waals surface area (Å²) in [5, 5.41) is 2.82. The molecule has 1 fully saturated rings. The third kappa shape index (κ3) is 3.52. The number of nitrogens with zero attached hydrogens (tertiary/aromatic N) is 2. The third-order valence-corrected chi connectivity index (χ3v) is 4.65. The highest BCUT2D eigenvalue weighted by Gasteiger charge is 2.42. The van der Waals surface area contributed by atoms with Crippen LogP contribution in [0.3, 0.4) is 0 Å². The van der Waals surface area contributed by atoms with E-state index in [4.69, 9.17) is 0 Å². The lowest BCUT2D eigenvalue weighted by Crippen LogP contribution is -2.34. The van der Waals surface area contributed by atoms with Crippen molar-refractivity contribution in [3.8, 4) is 0 Å². The Bertz CT molecular complexity index is 795. The van der Waals surface area contributed by atoms with Gasteiger partial charge in [-0.1, -0.05) is 18.2 Å². The topological polar surface area (TPSA) is 62.3 Å². The van der Waals surface area contributed by atoms with Crippen molar-refractivity contribution in [1.82, 2.24) is 15.2 Å². The van der Waals surface area contributed by atoms with Crippen LogP contribution in [0.4, 0.5) is 4.39 Å². The maximum atomic E-state index is 13.6. The van der Waals surface area contributed by atoms with Crippen molar-refractivity contribution >= 4 is 11.8 Å². The first-order chi connectivity index (χ1) is 12.0. The number of aromatic nitrogens is 1. The number of aryl methyl sites for hydroxylation is 1. The van der Waals surface area contributed by atoms with Crippen molar-refractivity contribution in [2.45, 2.75) is 25.9 Å². The van der Waals surface area contributed by atoms with Crippen LogP contribution in [-0.4, -0.2) is 28.7 Å². The Kier molecular flexibility index (Phi) is 4.79. The molecule has 5 nitrogen and oxygen atoms in total. The van der Waals surface area contributed by atoms with Gasteiger partial charge in [0.15, 0.2) is 0 Å². The first kappa shape index (κ1) is 17.1. The molecule has 1 N–H and O–H groups in total. The second kappa shape index (κ2) is 7.01. The molecule has 1 aliphatic rings. The summed E-state index contributed by atoms with van der Waals surface area (Å²) in [4.78, 5) is 30.4. The van der Waals surface area contributed by atoms with Crippen LogP contribution in [0.1, 0.15) is 29.2 Å². The average molecular weight is 341 g/mol. The average Bonchev–Trinajstić information content (AvgIpc) is 2.91. The minimum atomic E-state index is -0.489. The van der Waals surface area contributed by atoms with Gasteiger partial charge in [-0.2, -0.15) is 0 Å². The summed E-state index contributed by atoms with van der Waals surface area (Å²) in [7, 11) is 1.70. The SMILES string of the molecule is Cc1ccc(CNC(=O)[C@H]2CC(=O)N(C)[C@@H]2c2cccnc2)cc1F. The van der Waals surface area contributed by atoms with Crippen LogP contribution in [0.25, 0.3) is 0 Å². The third-order valence-electron chi connectivity index (χ3n) is 4.65. The van der Waals surface area contributed by atoms with Crippen molar-refractivity contribution in [3.63, 3.8) is 0 Å². The van der Waals surface area contributed by atoms with E-state index < -0.39 is 5.92 Å². The lowest BCUT2D eigenvalue weighted by molar-refractivity contribution is -0.128. The highest BCUT2D eigenvalue weighted by atomic mass is 19.1. The summed E-state index contributed by atoms with van der Waals surface area (Å²) in [5.74, 6) is -1.07. The van der Waals surface area contributed by atoms with E-state index >= 15 is 0 Å². The number of benzene rings is 1. The Morgan fingerprint density at radius 2 is 2.20 bits per heavy atom. The van der Waals surface area contributed by atoms with E-state index in [1.165, 1.54) is 6.07 Å². The number of hydrogen-bond acceptors (Lipinski definition) is 3. The minimum absolute atomic E-state index is 0.0737. The Balaban J connectivity index is 1.73. The molecule has 2 heterocycles. The highest BCUT2D eigenvalue weighted by Crippen LogP contribution is 2.36. The summed E-state index contributed by atoms with van der Waals surface area (Å²) >= 11 is 0. The largest absolute Gasteiger partial charge is 0.352 e. The molecule has 0 unspecified atom stereocenters. The number of hydrogen-bond donors (Lipinski definition) is 1. The number of carbonyl (C=O) groups excluding carboxylic acids is 2. The fourth-order valence-corrected chi connectivity index (χ4v) is 3.18. The Labute approximate surface area is 145 Å². The maximum Gasteiger partial charge on any atom is 0.226 e. The number of carbonyl (C=O) groups is 2. The van der Waals surface area contributed by atoms with Crippen LogP contribution in [0, 0.1) is 18.7 Å². The maximum absolute atomic E-state index is 13.6. The summed E-state index contributed by atoms with van der Waals surface area (Å²) < 4.78 is 13.6. The molecule has 6 heteroatoms. The summed E-state index contributed by atoms with van der Waals surface area (Å²) in [6.45, 7) is 1.92. The predicted octanol–water partition coefficient (Wildman–Crippen LogP) is 2.36. The minimum Gasteiger partial charge on any atom is -0.352 e. The zero-order valence-corrected chi connectivity index (χ0v) is 14.2. The Morgan fingerprint density at radius 3 is 2.88 bits per heavy atom. The quantitative estimate of drug-likeness (QED) is 0.929. The molecule has 0 saturated carbocycles. The van der Waals surface area contributed by atoms with Gasteiger partial charge >= 0.3 is 0 Å². The number of nitrogens with one attached hydrogen (secondary N) is 1. The molecule has 0 spiro atoms. The zero-order valence-electron chi connectivity index (χ0n) is 14.2. The van der Waals surface area contributed by atoms with Gasteiger partial charge in [-0.25, -0.2) is 4.39 Å². The lowest BCUT2D eigenvalue weighted by Gasteiger charge is -2.24. The first-order valence-corrected chi connectivity index (χ1v) is 8.15. The Morgan fingerprint density at radius 1 is 1.40 bits per heavy atom. The van der Waals surface area contributed by atoms with Crippen LogP contribution >= 0.6 is 0 Å². The van der Waals surface area contributed by atoms with Crippen LogP contribution in [0.5, 0.6) is 0 Å². The second-order valence-corrected chi connectivity index (χ2v) is 6.35. The van der Waals surface area contributed by atoms with Crippen LogP contribution < -0.4 is 5.32 Å². The molecular formula is C19H20FN3O2. The molecule has 2 atom stereocenters. The van der Waals surface area contributed by atoms with Crippen molar-refractivity contribution in [2.24, 2.45) is 5.92 Å². The Hall–Kier alpha value is -2.76. The van der Waals surface area contributed by atoms with Crippen LogP contribution in [0.2, 0.25) is 0 Å². The van der Waals surface area contributed by atoms with E-state index in [1.807, 2.05) is 6.07 Å². The lowest BCUT2D eigenvalue weighted by atomic mass is 9.94. The van der Waals surface area contributed by atoms with Gasteiger partial charge in [0.1, 0.15) is 5.82 Å². The monoisotopic (exact) mass is 341 g/mol. The molecule has 1 aromatic carbocycles. The number of amides is 2. The molecule has 2 amide bonds. The molecule has 130 valence electrons. The molecule has 3 rings (SSSR count). The summed E-state index contributed by atoms with van der Waals surface area (Å²) in [5.41, 5.74) is 2.08. The van der Waals surface area contributed by atoms with Gasteiger partial charge in [-0.05, 0) is 35.7 Å². The highest BCUT2D eigenvalue weighted by molar-refractivity contribution is 5.90. The fraction of sp³-hybridized carbons (Fsp3) is 0.316. The molecule has 1 aromatic heterocycles. The van der Waals surface area contributed by atoms with Gasteiger partial charge in [-0.3, -0.25) is 14.6 Å². The molecule has 1 aliphatic heterocycles. The van der Waals surface area contributed by atoms with Gasteiger partial charge in [0.05, 0.1) is 12.0 Å². The van der Waals surface area contributed by atoms with Gasteiger partial charge in [0.25, 0.3) is 0 Å². The van der Waals surface area contributed by atoms with Crippen molar-refractivity contribution in [1.29, 1.82) is 0 Å². The smallest absolute Gasteiger partial charge is 0.226 e. The molecule has 1 saturated heterocycles. The summed E-state index contributed by atoms with van der Waals surface area (Å²) in [6.07, 6.45) is 3.49. The first-order valence-electron chi connectivity index (χ1n) is 8.15. The van der Waals surface area contributed by atoms with Gasteiger partial charge in [-0.15, -0.1) is 0 Å². The number of likely N-dealkylation sites (tertiary alicyclic amines) is 1. The standard InChI is InChI=1S/C19H20FN3O2/c1-12-5-6-13(8-16(12)20)10-22-19(25)15-9-17(24)23(2)18(15)14-4-3-7-21-11-14/h3-8,11,15,18H,9-10H2,1-2H3,(H,22,25)/t15-,18+/m0/s1. The van der Waals surface area contributed by atoms with E-state index in [0.29, 0.717) is 11.1 Å². The molecule has 0 aliphatic carbocycles. The predicted molar refractivity (Wildman–Crippen MR) is 90.8 cm³/mol. The van der Waals surface area contributed by atoms with Gasteiger partial charge in [0, 0.05) is 32.4 Å². The molecule has 2 aromatic rings. The van der Waals surface area contributed by atoms with Crippen molar-refractivity contribution < 1.29 is 14.0 Å². The number of pyridine rings is 1. The molecular weight excluding hydrogens is 321 g/mol. The number of halogens is 1.